The molecule has 118 valence electrons. The van der Waals surface area contributed by atoms with Crippen LogP contribution in [0.15, 0.2) is 0 Å². The van der Waals surface area contributed by atoms with Crippen LogP contribution in [0.5, 0.6) is 0 Å². The molecule has 2 aliphatic heterocycles. The highest BCUT2D eigenvalue weighted by atomic mass is 35.5. The van der Waals surface area contributed by atoms with Gasteiger partial charge in [-0.1, -0.05) is 20.3 Å². The third-order valence-corrected chi connectivity index (χ3v) is 4.96. The Hall–Kier alpha value is -0.280. The second-order valence-electron chi connectivity index (χ2n) is 6.58. The van der Waals surface area contributed by atoms with Gasteiger partial charge in [0.25, 0.3) is 0 Å². The van der Waals surface area contributed by atoms with Gasteiger partial charge in [-0.15, -0.1) is 12.4 Å². The number of carbonyl (C=O) groups is 1. The molecule has 0 radical (unpaired) electrons. The zero-order valence-electron chi connectivity index (χ0n) is 13.2. The van der Waals surface area contributed by atoms with E-state index in [9.17, 15) is 4.79 Å². The molecule has 2 fully saturated rings. The van der Waals surface area contributed by atoms with E-state index in [1.807, 2.05) is 0 Å². The molecule has 1 amide bonds. The Balaban J connectivity index is 0.00000200. The van der Waals surface area contributed by atoms with Gasteiger partial charge in [-0.25, -0.2) is 0 Å². The summed E-state index contributed by atoms with van der Waals surface area (Å²) in [6.07, 6.45) is 6.87. The van der Waals surface area contributed by atoms with Crippen LogP contribution in [-0.2, 0) is 4.79 Å². The highest BCUT2D eigenvalue weighted by molar-refractivity contribution is 5.85. The molecule has 0 aromatic rings. The highest BCUT2D eigenvalue weighted by Crippen LogP contribution is 2.29. The van der Waals surface area contributed by atoms with Gasteiger partial charge in [0, 0.05) is 24.5 Å². The molecule has 0 aliphatic carbocycles. The minimum Gasteiger partial charge on any atom is -0.339 e. The van der Waals surface area contributed by atoms with Crippen molar-refractivity contribution in [2.45, 2.75) is 71.4 Å². The Bertz CT molecular complexity index is 311. The van der Waals surface area contributed by atoms with Gasteiger partial charge >= 0.3 is 0 Å². The van der Waals surface area contributed by atoms with Crippen molar-refractivity contribution in [2.75, 3.05) is 13.1 Å². The van der Waals surface area contributed by atoms with Crippen molar-refractivity contribution in [1.82, 2.24) is 10.2 Å². The van der Waals surface area contributed by atoms with Crippen molar-refractivity contribution in [2.24, 2.45) is 11.8 Å². The molecule has 2 aliphatic rings. The SMILES string of the molecule is CCCC1C(C)CCCN1C(=O)[C@H]1CCN[C@@H](C)C1.Cl. The molecule has 4 atom stereocenters. The fourth-order valence-electron chi connectivity index (χ4n) is 3.85. The fraction of sp³-hybridized carbons (Fsp3) is 0.938. The Labute approximate surface area is 130 Å². The number of nitrogens with zero attached hydrogens (tertiary/aromatic N) is 1. The van der Waals surface area contributed by atoms with Crippen LogP contribution >= 0.6 is 12.4 Å². The minimum absolute atomic E-state index is 0. The standard InChI is InChI=1S/C16H30N2O.ClH/c1-4-6-15-12(2)7-5-10-18(15)16(19)14-8-9-17-13(3)11-14;/h12-15,17H,4-11H2,1-3H3;1H/t12?,13-,14-,15?;/m0./s1. The molecule has 0 aromatic carbocycles. The maximum atomic E-state index is 12.8. The highest BCUT2D eigenvalue weighted by Gasteiger charge is 2.35. The normalized spacial score (nSPS) is 34.5. The zero-order chi connectivity index (χ0) is 13.8. The lowest BCUT2D eigenvalue weighted by atomic mass is 9.85. The second kappa shape index (κ2) is 8.23. The van der Waals surface area contributed by atoms with Gasteiger partial charge in [-0.3, -0.25) is 4.79 Å². The lowest BCUT2D eigenvalue weighted by molar-refractivity contribution is -0.142. The predicted octanol–water partition coefficient (Wildman–Crippen LogP) is 3.22. The number of amides is 1. The quantitative estimate of drug-likeness (QED) is 0.868. The van der Waals surface area contributed by atoms with E-state index in [2.05, 4.69) is 31.0 Å². The van der Waals surface area contributed by atoms with Crippen molar-refractivity contribution in [3.63, 3.8) is 0 Å². The summed E-state index contributed by atoms with van der Waals surface area (Å²) in [5, 5.41) is 3.44. The Kier molecular flexibility index (Phi) is 7.32. The van der Waals surface area contributed by atoms with Crippen LogP contribution < -0.4 is 5.32 Å². The number of carbonyl (C=O) groups excluding carboxylic acids is 1. The number of rotatable bonds is 3. The number of halogens is 1. The first-order valence-electron chi connectivity index (χ1n) is 8.17. The Morgan fingerprint density at radius 2 is 2.05 bits per heavy atom. The van der Waals surface area contributed by atoms with Crippen LogP contribution in [0.25, 0.3) is 0 Å². The fourth-order valence-corrected chi connectivity index (χ4v) is 3.85. The number of nitrogens with one attached hydrogen (secondary N) is 1. The van der Waals surface area contributed by atoms with E-state index in [0.717, 1.165) is 25.9 Å². The molecule has 2 saturated heterocycles. The summed E-state index contributed by atoms with van der Waals surface area (Å²) < 4.78 is 0. The van der Waals surface area contributed by atoms with Crippen molar-refractivity contribution in [3.8, 4) is 0 Å². The van der Waals surface area contributed by atoms with Crippen molar-refractivity contribution in [3.05, 3.63) is 0 Å². The summed E-state index contributed by atoms with van der Waals surface area (Å²) in [6.45, 7) is 8.74. The van der Waals surface area contributed by atoms with E-state index in [0.29, 0.717) is 23.9 Å². The molecular weight excluding hydrogens is 272 g/mol. The van der Waals surface area contributed by atoms with Crippen LogP contribution in [-0.4, -0.2) is 36.0 Å². The summed E-state index contributed by atoms with van der Waals surface area (Å²) in [5.74, 6) is 1.39. The van der Waals surface area contributed by atoms with Gasteiger partial charge < -0.3 is 10.2 Å². The molecule has 2 heterocycles. The number of hydrogen-bond acceptors (Lipinski definition) is 2. The largest absolute Gasteiger partial charge is 0.339 e. The van der Waals surface area contributed by atoms with Crippen molar-refractivity contribution < 1.29 is 4.79 Å². The minimum atomic E-state index is 0. The Morgan fingerprint density at radius 1 is 1.30 bits per heavy atom. The first-order chi connectivity index (χ1) is 9.13. The van der Waals surface area contributed by atoms with Crippen LogP contribution in [0.3, 0.4) is 0 Å². The van der Waals surface area contributed by atoms with Gasteiger partial charge in [-0.2, -0.15) is 0 Å². The summed E-state index contributed by atoms with van der Waals surface area (Å²) in [7, 11) is 0. The molecular formula is C16H31ClN2O. The maximum Gasteiger partial charge on any atom is 0.226 e. The molecule has 2 rings (SSSR count). The maximum absolute atomic E-state index is 12.8. The molecule has 0 saturated carbocycles. The zero-order valence-corrected chi connectivity index (χ0v) is 14.0. The van der Waals surface area contributed by atoms with Crippen LogP contribution in [0.4, 0.5) is 0 Å². The lowest BCUT2D eigenvalue weighted by Crippen LogP contribution is -2.52. The predicted molar refractivity (Wildman–Crippen MR) is 86.2 cm³/mol. The number of likely N-dealkylation sites (tertiary alicyclic amines) is 1. The van der Waals surface area contributed by atoms with E-state index in [4.69, 9.17) is 0 Å². The van der Waals surface area contributed by atoms with Gasteiger partial charge in [0.2, 0.25) is 5.91 Å². The molecule has 1 N–H and O–H groups in total. The van der Waals surface area contributed by atoms with Gasteiger partial charge in [0.1, 0.15) is 0 Å². The molecule has 3 nitrogen and oxygen atoms in total. The van der Waals surface area contributed by atoms with Crippen molar-refractivity contribution in [1.29, 1.82) is 0 Å². The van der Waals surface area contributed by atoms with Gasteiger partial charge in [-0.05, 0) is 51.5 Å². The molecule has 20 heavy (non-hydrogen) atoms. The third kappa shape index (κ3) is 4.11. The van der Waals surface area contributed by atoms with Gasteiger partial charge in [0.15, 0.2) is 0 Å². The first kappa shape index (κ1) is 17.8. The number of hydrogen-bond donors (Lipinski definition) is 1. The van der Waals surface area contributed by atoms with Crippen LogP contribution in [0.2, 0.25) is 0 Å². The van der Waals surface area contributed by atoms with E-state index >= 15 is 0 Å². The van der Waals surface area contributed by atoms with Gasteiger partial charge in [0.05, 0.1) is 0 Å². The smallest absolute Gasteiger partial charge is 0.226 e. The first-order valence-corrected chi connectivity index (χ1v) is 8.17. The average molecular weight is 303 g/mol. The molecule has 0 spiro atoms. The van der Waals surface area contributed by atoms with E-state index in [1.54, 1.807) is 0 Å². The summed E-state index contributed by atoms with van der Waals surface area (Å²) in [4.78, 5) is 15.1. The molecule has 0 bridgehead atoms. The molecule has 2 unspecified atom stereocenters. The van der Waals surface area contributed by atoms with Crippen LogP contribution in [0.1, 0.15) is 59.3 Å². The lowest BCUT2D eigenvalue weighted by Gasteiger charge is -2.42. The average Bonchev–Trinajstić information content (AvgIpc) is 2.40. The van der Waals surface area contributed by atoms with Crippen molar-refractivity contribution >= 4 is 18.3 Å². The summed E-state index contributed by atoms with van der Waals surface area (Å²) >= 11 is 0. The van der Waals surface area contributed by atoms with Crippen LogP contribution in [0, 0.1) is 11.8 Å². The molecule has 0 aromatic heterocycles. The second-order valence-corrected chi connectivity index (χ2v) is 6.58. The summed E-state index contributed by atoms with van der Waals surface area (Å²) in [6, 6.07) is 0.992. The number of piperidine rings is 2. The van der Waals surface area contributed by atoms with E-state index < -0.39 is 0 Å². The monoisotopic (exact) mass is 302 g/mol. The van der Waals surface area contributed by atoms with E-state index in [1.165, 1.54) is 25.7 Å². The van der Waals surface area contributed by atoms with E-state index in [-0.39, 0.29) is 18.3 Å². The molecule has 4 heteroatoms. The Morgan fingerprint density at radius 3 is 2.70 bits per heavy atom. The topological polar surface area (TPSA) is 32.3 Å². The summed E-state index contributed by atoms with van der Waals surface area (Å²) in [5.41, 5.74) is 0. The third-order valence-electron chi connectivity index (χ3n) is 4.96.